The number of carbonyl (C=O) groups excluding carboxylic acids is 2. The summed E-state index contributed by atoms with van der Waals surface area (Å²) in [5.74, 6) is -0.139. The van der Waals surface area contributed by atoms with E-state index < -0.39 is 12.1 Å². The van der Waals surface area contributed by atoms with Crippen molar-refractivity contribution in [2.45, 2.75) is 25.3 Å². The maximum atomic E-state index is 12.9. The van der Waals surface area contributed by atoms with Gasteiger partial charge in [0, 0.05) is 42.2 Å². The molecule has 148 valence electrons. The molecule has 29 heavy (non-hydrogen) atoms. The first-order valence-corrected chi connectivity index (χ1v) is 10.1. The number of aryl methyl sites for hydroxylation is 1. The molecule has 0 saturated heterocycles. The van der Waals surface area contributed by atoms with Gasteiger partial charge in [-0.3, -0.25) is 9.78 Å². The summed E-state index contributed by atoms with van der Waals surface area (Å²) in [7, 11) is 1.73. The molecule has 1 aliphatic rings. The van der Waals surface area contributed by atoms with Gasteiger partial charge in [0.25, 0.3) is 0 Å². The third-order valence-electron chi connectivity index (χ3n) is 5.04. The number of hydrogen-bond donors (Lipinski definition) is 1. The zero-order valence-electron chi connectivity index (χ0n) is 15.9. The Morgan fingerprint density at radius 3 is 2.83 bits per heavy atom. The fourth-order valence-electron chi connectivity index (χ4n) is 3.48. The Balaban J connectivity index is 1.45. The van der Waals surface area contributed by atoms with Crippen molar-refractivity contribution in [2.75, 3.05) is 11.9 Å². The average molecular weight is 454 g/mol. The lowest BCUT2D eigenvalue weighted by Gasteiger charge is -2.22. The number of amides is 2. The maximum Gasteiger partial charge on any atom is 0.342 e. The lowest BCUT2D eigenvalue weighted by atomic mass is 10.1. The molecular weight excluding hydrogens is 434 g/mol. The number of benzene rings is 1. The van der Waals surface area contributed by atoms with Crippen LogP contribution in [0.5, 0.6) is 0 Å². The number of fused-ring (bicyclic) bond motifs is 1. The van der Waals surface area contributed by atoms with Gasteiger partial charge in [-0.15, -0.1) is 0 Å². The number of likely N-dealkylation sites (N-methyl/N-ethyl adjacent to an activating group) is 1. The number of hydrogen-bond acceptors (Lipinski definition) is 4. The highest BCUT2D eigenvalue weighted by atomic mass is 79.9. The number of carbonyl (C=O) groups is 2. The molecular formula is C21H20BrN5O2. The summed E-state index contributed by atoms with van der Waals surface area (Å²) in [6, 6.07) is 8.73. The summed E-state index contributed by atoms with van der Waals surface area (Å²) in [6.07, 6.45) is 8.71. The molecule has 3 aromatic rings. The van der Waals surface area contributed by atoms with E-state index in [1.54, 1.807) is 36.7 Å². The predicted molar refractivity (Wildman–Crippen MR) is 113 cm³/mol. The Hall–Kier alpha value is -3.00. The Morgan fingerprint density at radius 2 is 2.03 bits per heavy atom. The topological polar surface area (TPSA) is 80.1 Å². The van der Waals surface area contributed by atoms with Crippen LogP contribution < -0.4 is 10.2 Å². The number of rotatable bonds is 3. The van der Waals surface area contributed by atoms with Crippen molar-refractivity contribution in [1.82, 2.24) is 20.1 Å². The lowest BCUT2D eigenvalue weighted by Crippen LogP contribution is -2.48. The van der Waals surface area contributed by atoms with Crippen LogP contribution in [-0.4, -0.2) is 39.8 Å². The molecule has 0 bridgehead atoms. The summed E-state index contributed by atoms with van der Waals surface area (Å²) in [4.78, 5) is 31.2. The van der Waals surface area contributed by atoms with Gasteiger partial charge >= 0.3 is 6.03 Å². The van der Waals surface area contributed by atoms with Crippen molar-refractivity contribution in [3.63, 3.8) is 0 Å². The van der Waals surface area contributed by atoms with Gasteiger partial charge in [0.05, 0.1) is 6.20 Å². The van der Waals surface area contributed by atoms with Gasteiger partial charge < -0.3 is 10.2 Å². The van der Waals surface area contributed by atoms with Crippen LogP contribution in [0.4, 0.5) is 10.5 Å². The molecule has 8 heteroatoms. The van der Waals surface area contributed by atoms with Crippen LogP contribution in [0.2, 0.25) is 0 Å². The molecule has 0 unspecified atom stereocenters. The van der Waals surface area contributed by atoms with E-state index in [0.29, 0.717) is 19.3 Å². The number of anilines is 1. The molecule has 0 saturated carbocycles. The van der Waals surface area contributed by atoms with Gasteiger partial charge in [0.1, 0.15) is 6.04 Å². The zero-order valence-corrected chi connectivity index (χ0v) is 17.5. The van der Waals surface area contributed by atoms with Gasteiger partial charge in [-0.2, -0.15) is 9.78 Å². The van der Waals surface area contributed by atoms with E-state index in [1.807, 2.05) is 30.3 Å². The fraction of sp³-hybridized carbons (Fsp3) is 0.238. The van der Waals surface area contributed by atoms with Gasteiger partial charge in [0.15, 0.2) is 0 Å². The quantitative estimate of drug-likeness (QED) is 0.660. The van der Waals surface area contributed by atoms with Gasteiger partial charge in [-0.1, -0.05) is 22.0 Å². The van der Waals surface area contributed by atoms with Crippen molar-refractivity contribution in [1.29, 1.82) is 0 Å². The second-order valence-electron chi connectivity index (χ2n) is 7.04. The van der Waals surface area contributed by atoms with Crippen molar-refractivity contribution in [3.05, 3.63) is 76.3 Å². The minimum atomic E-state index is -0.605. The van der Waals surface area contributed by atoms with Crippen molar-refractivity contribution >= 4 is 33.6 Å². The maximum absolute atomic E-state index is 12.9. The van der Waals surface area contributed by atoms with E-state index in [9.17, 15) is 9.59 Å². The van der Waals surface area contributed by atoms with E-state index in [4.69, 9.17) is 0 Å². The molecule has 2 aromatic heterocycles. The highest BCUT2D eigenvalue weighted by Crippen LogP contribution is 2.29. The number of aromatic nitrogens is 3. The number of halogens is 1. The molecule has 3 heterocycles. The fourth-order valence-corrected chi connectivity index (χ4v) is 3.83. The molecule has 0 fully saturated rings. The highest BCUT2D eigenvalue weighted by molar-refractivity contribution is 9.10. The molecule has 0 radical (unpaired) electrons. The van der Waals surface area contributed by atoms with E-state index in [2.05, 4.69) is 31.3 Å². The minimum absolute atomic E-state index is 0.139. The monoisotopic (exact) mass is 453 g/mol. The first-order chi connectivity index (χ1) is 14.0. The lowest BCUT2D eigenvalue weighted by molar-refractivity contribution is -0.120. The molecule has 7 nitrogen and oxygen atoms in total. The summed E-state index contributed by atoms with van der Waals surface area (Å²) in [5.41, 5.74) is 3.94. The van der Waals surface area contributed by atoms with E-state index in [-0.39, 0.29) is 5.91 Å². The van der Waals surface area contributed by atoms with Crippen LogP contribution in [0.1, 0.15) is 23.1 Å². The van der Waals surface area contributed by atoms with Gasteiger partial charge in [-0.05, 0) is 53.8 Å². The van der Waals surface area contributed by atoms with Crippen LogP contribution in [0.25, 0.3) is 0 Å². The smallest absolute Gasteiger partial charge is 0.324 e. The zero-order chi connectivity index (χ0) is 20.4. The van der Waals surface area contributed by atoms with Crippen molar-refractivity contribution in [3.8, 4) is 0 Å². The van der Waals surface area contributed by atoms with E-state index in [1.165, 1.54) is 4.68 Å². The standard InChI is InChI=1S/C21H20BrN5O2/c1-26-19-11-17(22)4-2-16(19)3-5-18(20(26)28)25-21(29)27-13-15(12-24-27)10-14-6-8-23-9-7-14/h2,4,6-9,11-13,18H,3,5,10H2,1H3,(H,25,29)/t18-/m0/s1. The van der Waals surface area contributed by atoms with Gasteiger partial charge in [0.2, 0.25) is 5.91 Å². The van der Waals surface area contributed by atoms with E-state index >= 15 is 0 Å². The number of pyridine rings is 1. The summed E-state index contributed by atoms with van der Waals surface area (Å²) < 4.78 is 2.16. The number of nitrogens with one attached hydrogen (secondary N) is 1. The van der Waals surface area contributed by atoms with Crippen LogP contribution in [0, 0.1) is 0 Å². The Morgan fingerprint density at radius 1 is 1.24 bits per heavy atom. The molecule has 1 atom stereocenters. The van der Waals surface area contributed by atoms with E-state index in [0.717, 1.165) is 26.9 Å². The first-order valence-electron chi connectivity index (χ1n) is 9.30. The van der Waals surface area contributed by atoms with Crippen LogP contribution in [-0.2, 0) is 17.6 Å². The van der Waals surface area contributed by atoms with Crippen LogP contribution in [0.3, 0.4) is 0 Å². The first kappa shape index (κ1) is 19.3. The Labute approximate surface area is 176 Å². The normalized spacial score (nSPS) is 16.3. The Bertz CT molecular complexity index is 1050. The molecule has 1 N–H and O–H groups in total. The molecule has 1 aromatic carbocycles. The second-order valence-corrected chi connectivity index (χ2v) is 7.95. The number of nitrogens with zero attached hydrogens (tertiary/aromatic N) is 4. The van der Waals surface area contributed by atoms with Crippen molar-refractivity contribution < 1.29 is 9.59 Å². The van der Waals surface area contributed by atoms with Gasteiger partial charge in [-0.25, -0.2) is 4.79 Å². The summed E-state index contributed by atoms with van der Waals surface area (Å²) in [6.45, 7) is 0. The minimum Gasteiger partial charge on any atom is -0.324 e. The molecule has 4 rings (SSSR count). The second kappa shape index (κ2) is 8.16. The molecule has 2 amide bonds. The molecule has 0 aliphatic carbocycles. The Kier molecular flexibility index (Phi) is 5.44. The predicted octanol–water partition coefficient (Wildman–Crippen LogP) is 3.17. The molecule has 1 aliphatic heterocycles. The van der Waals surface area contributed by atoms with Crippen molar-refractivity contribution in [2.24, 2.45) is 0 Å². The third kappa shape index (κ3) is 4.22. The molecule has 0 spiro atoms. The van der Waals surface area contributed by atoms with Crippen LogP contribution in [0.15, 0.2) is 59.6 Å². The largest absolute Gasteiger partial charge is 0.342 e. The summed E-state index contributed by atoms with van der Waals surface area (Å²) >= 11 is 3.45. The third-order valence-corrected chi connectivity index (χ3v) is 5.53. The SMILES string of the molecule is CN1C(=O)[C@@H](NC(=O)n2cc(Cc3ccncc3)cn2)CCc2ccc(Br)cc21. The summed E-state index contributed by atoms with van der Waals surface area (Å²) in [5, 5.41) is 6.98. The highest BCUT2D eigenvalue weighted by Gasteiger charge is 2.29. The van der Waals surface area contributed by atoms with Crippen LogP contribution >= 0.6 is 15.9 Å². The average Bonchev–Trinajstić information content (AvgIpc) is 3.16.